The van der Waals surface area contributed by atoms with E-state index >= 15 is 0 Å². The van der Waals surface area contributed by atoms with E-state index in [2.05, 4.69) is 15.9 Å². The first-order chi connectivity index (χ1) is 7.77. The van der Waals surface area contributed by atoms with Crippen LogP contribution in [0.2, 0.25) is 0 Å². The molecular weight excluding hydrogens is 301 g/mol. The largest absolute Gasteiger partial charge is 0.481 e. The highest BCUT2D eigenvalue weighted by Crippen LogP contribution is 2.54. The number of halogens is 4. The molecule has 0 aliphatic heterocycles. The molecule has 6 heteroatoms. The number of aliphatic carboxylic acids is 1. The van der Waals surface area contributed by atoms with Gasteiger partial charge in [-0.05, 0) is 18.2 Å². The molecule has 1 fully saturated rings. The van der Waals surface area contributed by atoms with Crippen LogP contribution < -0.4 is 0 Å². The molecule has 1 saturated carbocycles. The summed E-state index contributed by atoms with van der Waals surface area (Å²) < 4.78 is 39.9. The Morgan fingerprint density at radius 3 is 2.41 bits per heavy atom. The molecule has 0 atom stereocenters. The predicted molar refractivity (Wildman–Crippen MR) is 57.6 cm³/mol. The minimum Gasteiger partial charge on any atom is -0.481 e. The molecule has 1 N–H and O–H groups in total. The summed E-state index contributed by atoms with van der Waals surface area (Å²) in [6.45, 7) is 0. The molecule has 2 nitrogen and oxygen atoms in total. The second kappa shape index (κ2) is 3.73. The second-order valence-corrected chi connectivity index (χ2v) is 5.14. The predicted octanol–water partition coefficient (Wildman–Crippen LogP) is 3.34. The number of carboxylic acid groups (broad SMARTS) is 1. The molecule has 0 aromatic heterocycles. The van der Waals surface area contributed by atoms with Gasteiger partial charge in [-0.1, -0.05) is 15.9 Å². The summed E-state index contributed by atoms with van der Waals surface area (Å²) >= 11 is 3.07. The van der Waals surface area contributed by atoms with E-state index in [1.165, 1.54) is 12.1 Å². The Morgan fingerprint density at radius 1 is 1.35 bits per heavy atom. The van der Waals surface area contributed by atoms with Gasteiger partial charge in [-0.2, -0.15) is 0 Å². The Labute approximate surface area is 104 Å². The number of carboxylic acids is 1. The monoisotopic (exact) mass is 308 g/mol. The molecule has 0 saturated heterocycles. The van der Waals surface area contributed by atoms with Crippen LogP contribution in [0.5, 0.6) is 0 Å². The molecule has 17 heavy (non-hydrogen) atoms. The third-order valence-electron chi connectivity index (χ3n) is 2.97. The SMILES string of the molecule is O=C(O)C1(c2cc(Br)ccc2F)CC(F)(F)C1. The van der Waals surface area contributed by atoms with Gasteiger partial charge < -0.3 is 5.11 Å². The van der Waals surface area contributed by atoms with Crippen molar-refractivity contribution in [2.75, 3.05) is 0 Å². The zero-order valence-electron chi connectivity index (χ0n) is 8.51. The van der Waals surface area contributed by atoms with Crippen molar-refractivity contribution in [1.29, 1.82) is 0 Å². The normalized spacial score (nSPS) is 20.7. The number of hydrogen-bond acceptors (Lipinski definition) is 1. The first kappa shape index (κ1) is 12.4. The lowest BCUT2D eigenvalue weighted by Crippen LogP contribution is -2.54. The molecule has 0 spiro atoms. The van der Waals surface area contributed by atoms with E-state index in [0.717, 1.165) is 6.07 Å². The first-order valence-electron chi connectivity index (χ1n) is 4.84. The number of rotatable bonds is 2. The zero-order valence-corrected chi connectivity index (χ0v) is 10.1. The van der Waals surface area contributed by atoms with Crippen LogP contribution in [0.25, 0.3) is 0 Å². The maximum Gasteiger partial charge on any atom is 0.314 e. The lowest BCUT2D eigenvalue weighted by atomic mass is 9.62. The quantitative estimate of drug-likeness (QED) is 0.910. The van der Waals surface area contributed by atoms with Gasteiger partial charge >= 0.3 is 5.97 Å². The Bertz CT molecular complexity index is 480. The summed E-state index contributed by atoms with van der Waals surface area (Å²) in [5.41, 5.74) is -2.00. The third-order valence-corrected chi connectivity index (χ3v) is 3.47. The number of hydrogen-bond donors (Lipinski definition) is 1. The van der Waals surface area contributed by atoms with Crippen LogP contribution in [-0.4, -0.2) is 17.0 Å². The van der Waals surface area contributed by atoms with E-state index in [4.69, 9.17) is 5.11 Å². The second-order valence-electron chi connectivity index (χ2n) is 4.22. The Morgan fingerprint density at radius 2 is 1.94 bits per heavy atom. The molecular formula is C11H8BrF3O2. The fourth-order valence-corrected chi connectivity index (χ4v) is 2.51. The zero-order chi connectivity index (χ0) is 12.8. The van der Waals surface area contributed by atoms with Crippen molar-refractivity contribution in [2.45, 2.75) is 24.2 Å². The van der Waals surface area contributed by atoms with Crippen molar-refractivity contribution < 1.29 is 23.1 Å². The van der Waals surface area contributed by atoms with Gasteiger partial charge in [0.1, 0.15) is 11.2 Å². The summed E-state index contributed by atoms with van der Waals surface area (Å²) in [4.78, 5) is 11.1. The van der Waals surface area contributed by atoms with Crippen molar-refractivity contribution in [1.82, 2.24) is 0 Å². The van der Waals surface area contributed by atoms with Crippen LogP contribution in [0.3, 0.4) is 0 Å². The van der Waals surface area contributed by atoms with Crippen LogP contribution >= 0.6 is 15.9 Å². The average molecular weight is 309 g/mol. The molecule has 0 heterocycles. The van der Waals surface area contributed by atoms with Gasteiger partial charge in [0, 0.05) is 22.9 Å². The van der Waals surface area contributed by atoms with Crippen LogP contribution in [0, 0.1) is 5.82 Å². The van der Waals surface area contributed by atoms with Gasteiger partial charge in [0.15, 0.2) is 0 Å². The van der Waals surface area contributed by atoms with E-state index in [-0.39, 0.29) is 5.56 Å². The summed E-state index contributed by atoms with van der Waals surface area (Å²) in [7, 11) is 0. The molecule has 1 aliphatic carbocycles. The van der Waals surface area contributed by atoms with E-state index in [1.807, 2.05) is 0 Å². The van der Waals surface area contributed by atoms with Gasteiger partial charge in [0.05, 0.1) is 0 Å². The molecule has 1 aliphatic rings. The van der Waals surface area contributed by atoms with Crippen molar-refractivity contribution in [3.8, 4) is 0 Å². The van der Waals surface area contributed by atoms with Crippen LogP contribution in [0.15, 0.2) is 22.7 Å². The maximum atomic E-state index is 13.6. The fraction of sp³-hybridized carbons (Fsp3) is 0.364. The minimum absolute atomic E-state index is 0.190. The maximum absolute atomic E-state index is 13.6. The summed E-state index contributed by atoms with van der Waals surface area (Å²) in [6.07, 6.45) is -1.72. The molecule has 0 radical (unpaired) electrons. The minimum atomic E-state index is -3.03. The van der Waals surface area contributed by atoms with Gasteiger partial charge in [-0.25, -0.2) is 13.2 Å². The summed E-state index contributed by atoms with van der Waals surface area (Å²) in [6, 6.07) is 3.71. The lowest BCUT2D eigenvalue weighted by Gasteiger charge is -2.44. The Hall–Kier alpha value is -1.04. The summed E-state index contributed by atoms with van der Waals surface area (Å²) in [5, 5.41) is 9.07. The summed E-state index contributed by atoms with van der Waals surface area (Å²) in [5.74, 6) is -5.22. The molecule has 0 amide bonds. The first-order valence-corrected chi connectivity index (χ1v) is 5.63. The number of carbonyl (C=O) groups is 1. The van der Waals surface area contributed by atoms with Crippen molar-refractivity contribution >= 4 is 21.9 Å². The molecule has 1 aromatic rings. The Kier molecular flexibility index (Phi) is 2.72. The van der Waals surface area contributed by atoms with E-state index < -0.39 is 36.0 Å². The standard InChI is InChI=1S/C11H8BrF3O2/c12-6-1-2-8(13)7(3-6)10(9(16)17)4-11(14,15)5-10/h1-3H,4-5H2,(H,16,17). The van der Waals surface area contributed by atoms with Gasteiger partial charge in [0.2, 0.25) is 0 Å². The van der Waals surface area contributed by atoms with Gasteiger partial charge in [-0.3, -0.25) is 4.79 Å². The third kappa shape index (κ3) is 1.94. The molecule has 2 rings (SSSR count). The number of benzene rings is 1. The average Bonchev–Trinajstić information content (AvgIpc) is 2.17. The molecule has 0 bridgehead atoms. The highest BCUT2D eigenvalue weighted by Gasteiger charge is 2.63. The van der Waals surface area contributed by atoms with E-state index in [1.54, 1.807) is 0 Å². The number of alkyl halides is 2. The molecule has 1 aromatic carbocycles. The smallest absolute Gasteiger partial charge is 0.314 e. The van der Waals surface area contributed by atoms with Crippen molar-refractivity contribution in [3.05, 3.63) is 34.1 Å². The van der Waals surface area contributed by atoms with E-state index in [0.29, 0.717) is 4.47 Å². The lowest BCUT2D eigenvalue weighted by molar-refractivity contribution is -0.174. The van der Waals surface area contributed by atoms with Crippen molar-refractivity contribution in [3.63, 3.8) is 0 Å². The fourth-order valence-electron chi connectivity index (χ4n) is 2.15. The van der Waals surface area contributed by atoms with Crippen molar-refractivity contribution in [2.24, 2.45) is 0 Å². The molecule has 92 valence electrons. The van der Waals surface area contributed by atoms with Crippen LogP contribution in [0.1, 0.15) is 18.4 Å². The molecule has 0 unspecified atom stereocenters. The van der Waals surface area contributed by atoms with Crippen LogP contribution in [0.4, 0.5) is 13.2 Å². The van der Waals surface area contributed by atoms with Gasteiger partial charge in [0.25, 0.3) is 5.92 Å². The Balaban J connectivity index is 2.49. The highest BCUT2D eigenvalue weighted by molar-refractivity contribution is 9.10. The topological polar surface area (TPSA) is 37.3 Å². The van der Waals surface area contributed by atoms with Crippen LogP contribution in [-0.2, 0) is 10.2 Å². The van der Waals surface area contributed by atoms with E-state index in [9.17, 15) is 18.0 Å². The van der Waals surface area contributed by atoms with Gasteiger partial charge in [-0.15, -0.1) is 0 Å². The highest BCUT2D eigenvalue weighted by atomic mass is 79.9.